The van der Waals surface area contributed by atoms with E-state index in [1.54, 1.807) is 32.5 Å². The number of nitrogens with zero attached hydrogens (tertiary/aromatic N) is 2. The Bertz CT molecular complexity index is 1190. The number of methoxy groups -OCH3 is 3. The van der Waals surface area contributed by atoms with Gasteiger partial charge >= 0.3 is 0 Å². The molecule has 4 rings (SSSR count). The first kappa shape index (κ1) is 19.4. The summed E-state index contributed by atoms with van der Waals surface area (Å²) in [5.74, 6) is 1.14. The third-order valence-corrected chi connectivity index (χ3v) is 4.75. The van der Waals surface area contributed by atoms with Gasteiger partial charge in [-0.25, -0.2) is 9.37 Å². The summed E-state index contributed by atoms with van der Waals surface area (Å²) in [4.78, 5) is 20.6. The number of hydrogen-bond acceptors (Lipinski definition) is 6. The summed E-state index contributed by atoms with van der Waals surface area (Å²) in [6.45, 7) is 0. The molecule has 154 valence electrons. The zero-order valence-electron chi connectivity index (χ0n) is 16.6. The number of ketones is 1. The number of aromatic nitrogens is 4. The number of aromatic amines is 2. The van der Waals surface area contributed by atoms with Gasteiger partial charge in [0.15, 0.2) is 23.1 Å². The van der Waals surface area contributed by atoms with Crippen molar-refractivity contribution in [2.45, 2.75) is 6.42 Å². The van der Waals surface area contributed by atoms with E-state index in [9.17, 15) is 9.18 Å². The Hall–Kier alpha value is -3.88. The van der Waals surface area contributed by atoms with E-state index in [-0.39, 0.29) is 17.8 Å². The molecule has 30 heavy (non-hydrogen) atoms. The Kier molecular flexibility index (Phi) is 5.09. The number of hydrogen-bond donors (Lipinski definition) is 2. The highest BCUT2D eigenvalue weighted by Gasteiger charge is 2.19. The van der Waals surface area contributed by atoms with Gasteiger partial charge in [0.25, 0.3) is 0 Å². The van der Waals surface area contributed by atoms with Gasteiger partial charge in [0, 0.05) is 24.1 Å². The number of ether oxygens (including phenoxy) is 3. The molecule has 0 saturated heterocycles. The summed E-state index contributed by atoms with van der Waals surface area (Å²) in [5.41, 5.74) is 2.75. The third-order valence-electron chi connectivity index (χ3n) is 4.75. The number of halogens is 1. The number of H-pyrrole nitrogens is 2. The van der Waals surface area contributed by atoms with Crippen LogP contribution in [0.4, 0.5) is 4.39 Å². The molecule has 0 bridgehead atoms. The fourth-order valence-corrected chi connectivity index (χ4v) is 3.27. The molecule has 8 nitrogen and oxygen atoms in total. The number of rotatable bonds is 7. The topological polar surface area (TPSA) is 102 Å². The lowest BCUT2D eigenvalue weighted by Gasteiger charge is -2.07. The highest BCUT2D eigenvalue weighted by molar-refractivity contribution is 6.00. The first-order valence-corrected chi connectivity index (χ1v) is 9.05. The smallest absolute Gasteiger partial charge is 0.171 e. The lowest BCUT2D eigenvalue weighted by Crippen LogP contribution is -2.07. The van der Waals surface area contributed by atoms with Gasteiger partial charge in [0.1, 0.15) is 17.3 Å². The van der Waals surface area contributed by atoms with Crippen molar-refractivity contribution >= 4 is 16.8 Å². The molecular weight excluding hydrogens is 391 g/mol. The van der Waals surface area contributed by atoms with Crippen molar-refractivity contribution < 1.29 is 23.4 Å². The minimum absolute atomic E-state index is 0.00463. The van der Waals surface area contributed by atoms with Gasteiger partial charge < -0.3 is 19.2 Å². The Morgan fingerprint density at radius 3 is 2.50 bits per heavy atom. The summed E-state index contributed by atoms with van der Waals surface area (Å²) in [6, 6.07) is 7.38. The summed E-state index contributed by atoms with van der Waals surface area (Å²) >= 11 is 0. The number of Topliss-reactive ketones (excluding diaryl/α,β-unsaturated/α-hetero) is 1. The zero-order chi connectivity index (χ0) is 21.3. The molecule has 2 aromatic heterocycles. The quantitative estimate of drug-likeness (QED) is 0.452. The van der Waals surface area contributed by atoms with Crippen LogP contribution in [-0.4, -0.2) is 47.3 Å². The summed E-state index contributed by atoms with van der Waals surface area (Å²) in [6.07, 6.45) is 1.54. The van der Waals surface area contributed by atoms with E-state index in [0.29, 0.717) is 39.8 Å². The lowest BCUT2D eigenvalue weighted by molar-refractivity contribution is 0.0989. The van der Waals surface area contributed by atoms with Gasteiger partial charge in [-0.1, -0.05) is 0 Å². The molecule has 4 aromatic rings. The maximum absolute atomic E-state index is 13.6. The molecule has 0 atom stereocenters. The monoisotopic (exact) mass is 410 g/mol. The number of nitrogens with one attached hydrogen (secondary N) is 2. The fraction of sp³-hybridized carbons (Fsp3) is 0.190. The van der Waals surface area contributed by atoms with Crippen molar-refractivity contribution in [3.8, 4) is 28.8 Å². The molecule has 0 aliphatic rings. The molecule has 2 heterocycles. The van der Waals surface area contributed by atoms with Crippen LogP contribution in [0.25, 0.3) is 22.6 Å². The Labute approximate surface area is 171 Å². The predicted octanol–water partition coefficient (Wildman–Crippen LogP) is 3.54. The average Bonchev–Trinajstić information content (AvgIpc) is 3.38. The van der Waals surface area contributed by atoms with E-state index in [1.807, 2.05) is 0 Å². The van der Waals surface area contributed by atoms with Gasteiger partial charge in [0.2, 0.25) is 0 Å². The second-order valence-electron chi connectivity index (χ2n) is 6.52. The summed E-state index contributed by atoms with van der Waals surface area (Å²) < 4.78 is 29.5. The van der Waals surface area contributed by atoms with E-state index in [0.717, 1.165) is 5.52 Å². The lowest BCUT2D eigenvalue weighted by atomic mass is 10.0. The number of imidazole rings is 1. The van der Waals surface area contributed by atoms with Gasteiger partial charge in [-0.05, 0) is 18.2 Å². The van der Waals surface area contributed by atoms with E-state index < -0.39 is 5.82 Å². The van der Waals surface area contributed by atoms with Crippen LogP contribution in [0.15, 0.2) is 36.5 Å². The highest BCUT2D eigenvalue weighted by Crippen LogP contribution is 2.33. The third kappa shape index (κ3) is 3.45. The molecule has 0 saturated carbocycles. The van der Waals surface area contributed by atoms with E-state index >= 15 is 0 Å². The number of fused-ring (bicyclic) bond motifs is 1. The van der Waals surface area contributed by atoms with Gasteiger partial charge in [0.05, 0.1) is 44.1 Å². The SMILES string of the molecule is COc1cc2nc(-c3[nH]ncc3CC(=O)c3cc(F)ccc3OC)[nH]c2cc1OC. The minimum atomic E-state index is -0.508. The van der Waals surface area contributed by atoms with Crippen LogP contribution in [-0.2, 0) is 6.42 Å². The maximum Gasteiger partial charge on any atom is 0.171 e. The summed E-state index contributed by atoms with van der Waals surface area (Å²) in [5, 5.41) is 6.92. The van der Waals surface area contributed by atoms with Gasteiger partial charge in [-0.2, -0.15) is 5.10 Å². The molecule has 9 heteroatoms. The molecule has 2 N–H and O–H groups in total. The number of benzene rings is 2. The molecule has 0 aliphatic carbocycles. The molecule has 0 fully saturated rings. The molecule has 0 amide bonds. The van der Waals surface area contributed by atoms with Crippen molar-refractivity contribution in [2.75, 3.05) is 21.3 Å². The van der Waals surface area contributed by atoms with E-state index in [4.69, 9.17) is 14.2 Å². The van der Waals surface area contributed by atoms with Crippen LogP contribution in [0.3, 0.4) is 0 Å². The minimum Gasteiger partial charge on any atom is -0.496 e. The predicted molar refractivity (Wildman–Crippen MR) is 108 cm³/mol. The first-order chi connectivity index (χ1) is 14.5. The van der Waals surface area contributed by atoms with Crippen molar-refractivity contribution in [2.24, 2.45) is 0 Å². The van der Waals surface area contributed by atoms with E-state index in [1.165, 1.54) is 25.3 Å². The Morgan fingerprint density at radius 1 is 1.03 bits per heavy atom. The fourth-order valence-electron chi connectivity index (χ4n) is 3.27. The highest BCUT2D eigenvalue weighted by atomic mass is 19.1. The van der Waals surface area contributed by atoms with Crippen LogP contribution in [0, 0.1) is 5.82 Å². The second-order valence-corrected chi connectivity index (χ2v) is 6.52. The first-order valence-electron chi connectivity index (χ1n) is 9.05. The number of carbonyl (C=O) groups is 1. The molecule has 0 spiro atoms. The van der Waals surface area contributed by atoms with Crippen molar-refractivity contribution in [3.63, 3.8) is 0 Å². The summed E-state index contributed by atoms with van der Waals surface area (Å²) in [7, 11) is 4.54. The van der Waals surface area contributed by atoms with Crippen molar-refractivity contribution in [1.29, 1.82) is 0 Å². The van der Waals surface area contributed by atoms with E-state index in [2.05, 4.69) is 20.2 Å². The molecular formula is C21H19FN4O4. The molecule has 0 radical (unpaired) electrons. The van der Waals surface area contributed by atoms with Crippen LogP contribution in [0.2, 0.25) is 0 Å². The van der Waals surface area contributed by atoms with Crippen LogP contribution in [0.5, 0.6) is 17.2 Å². The molecule has 0 unspecified atom stereocenters. The van der Waals surface area contributed by atoms with Gasteiger partial charge in [-0.15, -0.1) is 0 Å². The normalized spacial score (nSPS) is 10.9. The average molecular weight is 410 g/mol. The largest absolute Gasteiger partial charge is 0.496 e. The second kappa shape index (κ2) is 7.86. The Balaban J connectivity index is 1.68. The van der Waals surface area contributed by atoms with Crippen molar-refractivity contribution in [3.05, 3.63) is 53.5 Å². The Morgan fingerprint density at radius 2 is 1.77 bits per heavy atom. The van der Waals surface area contributed by atoms with Crippen LogP contribution in [0.1, 0.15) is 15.9 Å². The van der Waals surface area contributed by atoms with Crippen LogP contribution >= 0.6 is 0 Å². The van der Waals surface area contributed by atoms with Gasteiger partial charge in [-0.3, -0.25) is 9.89 Å². The standard InChI is InChI=1S/C21H19FN4O4/c1-28-17-5-4-12(22)7-13(17)16(27)6-11-10-23-26-20(11)21-24-14-8-18(29-2)19(30-3)9-15(14)25-21/h4-5,7-10H,6H2,1-3H3,(H,23,26)(H,24,25). The van der Waals surface area contributed by atoms with Crippen molar-refractivity contribution in [1.82, 2.24) is 20.2 Å². The molecule has 2 aromatic carbocycles. The van der Waals surface area contributed by atoms with Crippen LogP contribution < -0.4 is 14.2 Å². The zero-order valence-corrected chi connectivity index (χ0v) is 16.6. The molecule has 0 aliphatic heterocycles. The number of carbonyl (C=O) groups excluding carboxylic acids is 1. The maximum atomic E-state index is 13.6.